The number of hydrogen-bond acceptors (Lipinski definition) is 10. The van der Waals surface area contributed by atoms with E-state index in [1.807, 2.05) is 0 Å². The Morgan fingerprint density at radius 3 is 1.54 bits per heavy atom. The number of unbranched alkanes of at least 4 members (excludes halogenated alkanes) is 11. The second kappa shape index (κ2) is 38.1. The van der Waals surface area contributed by atoms with Gasteiger partial charge in [0.25, 0.3) is 5.91 Å². The minimum absolute atomic E-state index is 0.0615. The van der Waals surface area contributed by atoms with E-state index in [1.165, 1.54) is 51.4 Å². The minimum atomic E-state index is -1.51. The lowest BCUT2D eigenvalue weighted by atomic mass is 9.99. The molecule has 0 radical (unpaired) electrons. The first-order chi connectivity index (χ1) is 29.9. The van der Waals surface area contributed by atoms with Gasteiger partial charge in [-0.05, 0) is 108 Å². The summed E-state index contributed by atoms with van der Waals surface area (Å²) >= 11 is 0. The third-order valence-corrected chi connectivity index (χ3v) is 8.38. The molecule has 0 saturated carbocycles. The molecule has 0 bridgehead atoms. The van der Waals surface area contributed by atoms with Gasteiger partial charge in [0, 0.05) is 47.9 Å². The lowest BCUT2D eigenvalue weighted by molar-refractivity contribution is -0.807. The fourth-order valence-corrected chi connectivity index (χ4v) is 5.34. The molecule has 61 heavy (non-hydrogen) atoms. The van der Waals surface area contributed by atoms with Crippen LogP contribution in [0.25, 0.3) is 0 Å². The van der Waals surface area contributed by atoms with Crippen LogP contribution in [-0.4, -0.2) is 82.4 Å². The van der Waals surface area contributed by atoms with Gasteiger partial charge in [0.2, 0.25) is 0 Å². The zero-order valence-electron chi connectivity index (χ0n) is 34.6. The predicted octanol–water partition coefficient (Wildman–Crippen LogP) is 1.42. The minimum Gasteiger partial charge on any atom is -0.692 e. The third-order valence-electron chi connectivity index (χ3n) is 8.38. The van der Waals surface area contributed by atoms with Crippen molar-refractivity contribution in [2.75, 3.05) is 13.2 Å². The van der Waals surface area contributed by atoms with Crippen molar-refractivity contribution < 1.29 is 49.9 Å². The van der Waals surface area contributed by atoms with Crippen molar-refractivity contribution in [2.45, 2.75) is 147 Å². The maximum Gasteiger partial charge on any atom is 0.297 e. The maximum atomic E-state index is 12.7. The van der Waals surface area contributed by atoms with Crippen molar-refractivity contribution in [1.82, 2.24) is 5.32 Å². The Labute approximate surface area is 362 Å². The molecule has 1 saturated heterocycles. The van der Waals surface area contributed by atoms with Gasteiger partial charge < -0.3 is 40.5 Å². The number of aliphatic hydroxyl groups is 4. The van der Waals surface area contributed by atoms with E-state index < -0.39 is 62.0 Å². The summed E-state index contributed by atoms with van der Waals surface area (Å²) < 4.78 is 11.2. The van der Waals surface area contributed by atoms with Crippen molar-refractivity contribution in [1.29, 1.82) is 0 Å². The molecule has 1 heterocycles. The van der Waals surface area contributed by atoms with Gasteiger partial charge in [-0.2, -0.15) is 0 Å². The first-order valence-corrected chi connectivity index (χ1v) is 20.0. The number of amides is 1. The van der Waals surface area contributed by atoms with E-state index >= 15 is 0 Å². The molecule has 1 aliphatic rings. The average Bonchev–Trinajstić information content (AvgIpc) is 3.26. The Morgan fingerprint density at radius 2 is 1.11 bits per heavy atom. The van der Waals surface area contributed by atoms with Gasteiger partial charge >= 0.3 is 0 Å². The van der Waals surface area contributed by atoms with E-state index in [0.717, 1.165) is 19.3 Å². The zero-order valence-corrected chi connectivity index (χ0v) is 34.6. The summed E-state index contributed by atoms with van der Waals surface area (Å²) in [6.07, 6.45) is 6.19. The van der Waals surface area contributed by atoms with Crippen LogP contribution in [0.2, 0.25) is 0 Å². The van der Waals surface area contributed by atoms with Crippen LogP contribution in [0.1, 0.15) is 104 Å². The van der Waals surface area contributed by atoms with Crippen LogP contribution in [0.15, 0.2) is 0 Å². The van der Waals surface area contributed by atoms with Gasteiger partial charge in [0.05, 0.1) is 31.5 Å². The van der Waals surface area contributed by atoms with Crippen molar-refractivity contribution in [3.63, 3.8) is 0 Å². The standard InChI is InChI=1S/C50H51NO10/c1-3-5-7-9-11-13-15-17-18-19-20-21-22-23-24-25-26-27-29-31-33-35-37-39-47(54)51-44(42-58-50-49(56)46(60-61-57)40-43(41-52)59-50)48(55)45(53)38-36-34-32-30-28-16-14-12-10-8-6-4-2/h43-46,48-50,52-53,55-57H,4,6,8,10,12,14,16,28,30,32,34,36,38,40-42H2,1-2H3,(H,51,54)/p-1/t43?,44?,45-,46?,48+,49?,50?/m1/s1. The second-order valence-corrected chi connectivity index (χ2v) is 13.0. The molecule has 5 N–H and O–H groups in total. The molecular weight excluding hydrogens is 775 g/mol. The quantitative estimate of drug-likeness (QED) is 0.0466. The second-order valence-electron chi connectivity index (χ2n) is 13.0. The Bertz CT molecular complexity index is 2140. The Hall–Kier alpha value is -6.17. The summed E-state index contributed by atoms with van der Waals surface area (Å²) in [6.45, 7) is 2.96. The number of aliphatic hydroxyl groups excluding tert-OH is 4. The van der Waals surface area contributed by atoms with E-state index in [9.17, 15) is 30.5 Å². The van der Waals surface area contributed by atoms with E-state index in [2.05, 4.69) is 164 Å². The normalized spacial score (nSPS) is 16.4. The topological polar surface area (TPSA) is 170 Å². The lowest BCUT2D eigenvalue weighted by Gasteiger charge is -2.38. The van der Waals surface area contributed by atoms with Gasteiger partial charge in [-0.25, -0.2) is 4.89 Å². The van der Waals surface area contributed by atoms with E-state index in [0.29, 0.717) is 6.42 Å². The zero-order chi connectivity index (χ0) is 44.4. The molecular formula is C50H50NO10-. The monoisotopic (exact) mass is 824 g/mol. The SMILES string of the molecule is CC#CC#CC#CC#CC#CC#CC#CC#CC#CC#CC#CC#CC(=O)NC(COC1OC(CO)CC(OO[O-])C1O)[C@H](O)[C@H](O)CCCCCCCCCCCCCC. The summed E-state index contributed by atoms with van der Waals surface area (Å²) in [6, 6.07) is -1.22. The fraction of sp³-hybridized carbons (Fsp3) is 0.500. The van der Waals surface area contributed by atoms with Crippen LogP contribution in [0.3, 0.4) is 0 Å². The van der Waals surface area contributed by atoms with Crippen LogP contribution in [-0.2, 0) is 24.2 Å². The first kappa shape index (κ1) is 52.8. The van der Waals surface area contributed by atoms with Gasteiger partial charge in [-0.15, -0.1) is 0 Å². The van der Waals surface area contributed by atoms with Crippen LogP contribution in [0.4, 0.5) is 0 Å². The largest absolute Gasteiger partial charge is 0.692 e. The van der Waals surface area contributed by atoms with Gasteiger partial charge in [-0.1, -0.05) is 89.9 Å². The number of nitrogens with one attached hydrogen (secondary N) is 1. The number of carbonyl (C=O) groups is 1. The van der Waals surface area contributed by atoms with Crippen molar-refractivity contribution >= 4 is 5.91 Å². The molecule has 1 aliphatic heterocycles. The highest BCUT2D eigenvalue weighted by Crippen LogP contribution is 2.24. The maximum absolute atomic E-state index is 12.7. The number of hydrogen-bond donors (Lipinski definition) is 5. The molecule has 11 nitrogen and oxygen atoms in total. The molecule has 5 unspecified atom stereocenters. The van der Waals surface area contributed by atoms with Gasteiger partial charge in [0.1, 0.15) is 18.3 Å². The fourth-order valence-electron chi connectivity index (χ4n) is 5.34. The average molecular weight is 825 g/mol. The molecule has 1 amide bonds. The summed E-state index contributed by atoms with van der Waals surface area (Å²) in [4.78, 5) is 17.3. The predicted molar refractivity (Wildman–Crippen MR) is 227 cm³/mol. The molecule has 0 aromatic rings. The molecule has 0 aliphatic carbocycles. The summed E-state index contributed by atoms with van der Waals surface area (Å²) in [5.41, 5.74) is 0. The molecule has 316 valence electrons. The molecule has 0 spiro atoms. The molecule has 1 fully saturated rings. The van der Waals surface area contributed by atoms with Gasteiger partial charge in [-0.3, -0.25) is 9.83 Å². The van der Waals surface area contributed by atoms with Crippen LogP contribution in [0, 0.1) is 142 Å². The van der Waals surface area contributed by atoms with Crippen molar-refractivity contribution in [3.05, 3.63) is 0 Å². The Balaban J connectivity index is 2.76. The molecule has 0 aromatic carbocycles. The Kier molecular flexibility index (Phi) is 33.0. The molecule has 0 aromatic heterocycles. The van der Waals surface area contributed by atoms with E-state index in [-0.39, 0.29) is 12.8 Å². The molecule has 11 heteroatoms. The van der Waals surface area contributed by atoms with Crippen LogP contribution >= 0.6 is 0 Å². The van der Waals surface area contributed by atoms with Crippen LogP contribution < -0.4 is 10.6 Å². The molecule has 7 atom stereocenters. The van der Waals surface area contributed by atoms with Crippen molar-refractivity contribution in [3.8, 4) is 142 Å². The smallest absolute Gasteiger partial charge is 0.297 e. The Morgan fingerprint density at radius 1 is 0.689 bits per heavy atom. The summed E-state index contributed by atoms with van der Waals surface area (Å²) in [5, 5.41) is 58.6. The number of carbonyl (C=O) groups excluding carboxylic acids is 1. The highest BCUT2D eigenvalue weighted by atomic mass is 17.5. The van der Waals surface area contributed by atoms with Gasteiger partial charge in [0.15, 0.2) is 6.29 Å². The number of ether oxygens (including phenoxy) is 2. The highest BCUT2D eigenvalue weighted by molar-refractivity contribution is 5.94. The third kappa shape index (κ3) is 28.8. The lowest BCUT2D eigenvalue weighted by Crippen LogP contribution is -2.55. The van der Waals surface area contributed by atoms with E-state index in [1.54, 1.807) is 6.92 Å². The summed E-state index contributed by atoms with van der Waals surface area (Å²) in [5.74, 6) is 58.5. The molecule has 1 rings (SSSR count). The summed E-state index contributed by atoms with van der Waals surface area (Å²) in [7, 11) is 0. The first-order valence-electron chi connectivity index (χ1n) is 20.0. The number of rotatable bonds is 22. The van der Waals surface area contributed by atoms with Crippen molar-refractivity contribution in [2.24, 2.45) is 0 Å². The highest BCUT2D eigenvalue weighted by Gasteiger charge is 2.40. The van der Waals surface area contributed by atoms with E-state index in [4.69, 9.17) is 9.47 Å². The van der Waals surface area contributed by atoms with Crippen LogP contribution in [0.5, 0.6) is 0 Å².